The summed E-state index contributed by atoms with van der Waals surface area (Å²) in [7, 11) is -2.02. The number of carbonyl (C=O) groups excluding carboxylic acids is 1. The third-order valence-corrected chi connectivity index (χ3v) is 2.92. The van der Waals surface area contributed by atoms with E-state index >= 15 is 0 Å². The number of rotatable bonds is 5. The molecular formula is C12H17O3S+. The zero-order valence-electron chi connectivity index (χ0n) is 9.86. The van der Waals surface area contributed by atoms with Crippen LogP contribution in [0.5, 0.6) is 5.75 Å². The maximum Gasteiger partial charge on any atom is 0.211 e. The van der Waals surface area contributed by atoms with Crippen LogP contribution in [0.1, 0.15) is 17.3 Å². The van der Waals surface area contributed by atoms with Crippen molar-refractivity contribution in [3.8, 4) is 5.75 Å². The van der Waals surface area contributed by atoms with E-state index in [0.717, 1.165) is 5.75 Å². The molecule has 0 aliphatic rings. The highest BCUT2D eigenvalue weighted by molar-refractivity contribution is 8.02. The van der Waals surface area contributed by atoms with Gasteiger partial charge in [0.25, 0.3) is 0 Å². The lowest BCUT2D eigenvalue weighted by Crippen LogP contribution is -2.19. The maximum atomic E-state index is 11.7. The first-order chi connectivity index (χ1) is 7.42. The number of ether oxygens (including phenoxy) is 1. The predicted molar refractivity (Wildman–Crippen MR) is 66.7 cm³/mol. The Morgan fingerprint density at radius 2 is 1.81 bits per heavy atom. The lowest BCUT2D eigenvalue weighted by molar-refractivity contribution is 0.102. The van der Waals surface area contributed by atoms with Gasteiger partial charge in [0.05, 0.1) is 16.5 Å². The highest BCUT2D eigenvalue weighted by atomic mass is 32.2. The largest absolute Gasteiger partial charge is 0.494 e. The van der Waals surface area contributed by atoms with E-state index in [0.29, 0.717) is 12.2 Å². The molecule has 0 heterocycles. The summed E-state index contributed by atoms with van der Waals surface area (Å²) in [6, 6.07) is 6.92. The standard InChI is InChI=1S/C12H17O3S/c1-4-15-11-7-5-10(6-8-11)12(13)9-16(2,3)14/h5-8H,4,9H2,1-3H3/q+1. The first-order valence-corrected chi connectivity index (χ1v) is 7.64. The Hall–Kier alpha value is -1.16. The fraction of sp³-hybridized carbons (Fsp3) is 0.417. The molecule has 0 bridgehead atoms. The van der Waals surface area contributed by atoms with Crippen LogP contribution in [0.15, 0.2) is 24.3 Å². The van der Waals surface area contributed by atoms with Crippen molar-refractivity contribution in [1.82, 2.24) is 0 Å². The molecule has 3 nitrogen and oxygen atoms in total. The van der Waals surface area contributed by atoms with E-state index in [1.807, 2.05) is 6.92 Å². The van der Waals surface area contributed by atoms with Gasteiger partial charge < -0.3 is 4.74 Å². The molecule has 0 aliphatic heterocycles. The van der Waals surface area contributed by atoms with Gasteiger partial charge in [0.1, 0.15) is 18.3 Å². The number of ketones is 1. The van der Waals surface area contributed by atoms with Crippen molar-refractivity contribution in [3.63, 3.8) is 0 Å². The Morgan fingerprint density at radius 3 is 2.25 bits per heavy atom. The van der Waals surface area contributed by atoms with Crippen molar-refractivity contribution in [2.24, 2.45) is 0 Å². The minimum atomic E-state index is -2.02. The Morgan fingerprint density at radius 1 is 1.25 bits per heavy atom. The summed E-state index contributed by atoms with van der Waals surface area (Å²) in [5, 5.41) is 0. The maximum absolute atomic E-state index is 11.7. The monoisotopic (exact) mass is 241 g/mol. The number of hydrogen-bond acceptors (Lipinski definition) is 3. The Balaban J connectivity index is 2.74. The number of hydrogen-bond donors (Lipinski definition) is 0. The average molecular weight is 241 g/mol. The van der Waals surface area contributed by atoms with Crippen LogP contribution in [0.25, 0.3) is 0 Å². The van der Waals surface area contributed by atoms with E-state index < -0.39 is 9.93 Å². The highest BCUT2D eigenvalue weighted by Gasteiger charge is 2.20. The molecule has 0 amide bonds. The quantitative estimate of drug-likeness (QED) is 0.585. The molecule has 88 valence electrons. The van der Waals surface area contributed by atoms with Gasteiger partial charge in [-0.3, -0.25) is 4.79 Å². The van der Waals surface area contributed by atoms with Crippen molar-refractivity contribution in [3.05, 3.63) is 29.8 Å². The molecule has 0 atom stereocenters. The van der Waals surface area contributed by atoms with Crippen LogP contribution in [-0.4, -0.2) is 30.7 Å². The molecular weight excluding hydrogens is 224 g/mol. The lowest BCUT2D eigenvalue weighted by Gasteiger charge is -2.04. The second kappa shape index (κ2) is 5.25. The predicted octanol–water partition coefficient (Wildman–Crippen LogP) is 2.03. The fourth-order valence-corrected chi connectivity index (χ4v) is 2.10. The topological polar surface area (TPSA) is 43.4 Å². The summed E-state index contributed by atoms with van der Waals surface area (Å²) in [6.45, 7) is 2.51. The second-order valence-corrected chi connectivity index (χ2v) is 7.12. The molecule has 16 heavy (non-hydrogen) atoms. The zero-order valence-corrected chi connectivity index (χ0v) is 10.7. The third kappa shape index (κ3) is 4.14. The summed E-state index contributed by atoms with van der Waals surface area (Å²) >= 11 is 0. The van der Waals surface area contributed by atoms with Gasteiger partial charge in [-0.15, -0.1) is 4.21 Å². The van der Waals surface area contributed by atoms with Crippen LogP contribution in [0.4, 0.5) is 0 Å². The summed E-state index contributed by atoms with van der Waals surface area (Å²) < 4.78 is 16.8. The summed E-state index contributed by atoms with van der Waals surface area (Å²) in [4.78, 5) is 11.7. The smallest absolute Gasteiger partial charge is 0.211 e. The molecule has 0 unspecified atom stereocenters. The van der Waals surface area contributed by atoms with Gasteiger partial charge in [0.2, 0.25) is 5.78 Å². The normalized spacial score (nSPS) is 11.2. The first kappa shape index (κ1) is 12.9. The van der Waals surface area contributed by atoms with Crippen LogP contribution in [-0.2, 0) is 14.1 Å². The van der Waals surface area contributed by atoms with E-state index in [4.69, 9.17) is 4.74 Å². The molecule has 0 radical (unpaired) electrons. The van der Waals surface area contributed by atoms with Crippen molar-refractivity contribution in [2.45, 2.75) is 6.92 Å². The van der Waals surface area contributed by atoms with Gasteiger partial charge in [0.15, 0.2) is 5.75 Å². The van der Waals surface area contributed by atoms with Crippen LogP contribution in [0.2, 0.25) is 0 Å². The molecule has 1 aromatic rings. The Bertz CT molecular complexity index is 403. The van der Waals surface area contributed by atoms with E-state index in [9.17, 15) is 9.00 Å². The zero-order chi connectivity index (χ0) is 12.2. The van der Waals surface area contributed by atoms with Crippen LogP contribution in [0, 0.1) is 0 Å². The molecule has 0 aliphatic carbocycles. The summed E-state index contributed by atoms with van der Waals surface area (Å²) in [5.74, 6) is 0.756. The Kier molecular flexibility index (Phi) is 4.24. The van der Waals surface area contributed by atoms with Crippen molar-refractivity contribution in [1.29, 1.82) is 0 Å². The molecule has 0 aromatic heterocycles. The molecule has 0 saturated carbocycles. The number of Topliss-reactive ketones (excluding diaryl/α,β-unsaturated/α-hetero) is 1. The minimum Gasteiger partial charge on any atom is -0.494 e. The van der Waals surface area contributed by atoms with Crippen LogP contribution < -0.4 is 4.74 Å². The van der Waals surface area contributed by atoms with E-state index in [1.165, 1.54) is 0 Å². The van der Waals surface area contributed by atoms with Gasteiger partial charge in [-0.1, -0.05) is 0 Å². The van der Waals surface area contributed by atoms with E-state index in [2.05, 4.69) is 0 Å². The minimum absolute atomic E-state index is 0.0851. The van der Waals surface area contributed by atoms with Crippen LogP contribution >= 0.6 is 0 Å². The number of benzene rings is 1. The molecule has 0 saturated heterocycles. The van der Waals surface area contributed by atoms with Gasteiger partial charge >= 0.3 is 0 Å². The molecule has 1 aromatic carbocycles. The highest BCUT2D eigenvalue weighted by Crippen LogP contribution is 2.13. The lowest BCUT2D eigenvalue weighted by atomic mass is 10.1. The SMILES string of the molecule is CCOc1ccc(C(=O)C[S+](C)(C)=O)cc1. The summed E-state index contributed by atoms with van der Waals surface area (Å²) in [6.07, 6.45) is 3.19. The van der Waals surface area contributed by atoms with Gasteiger partial charge in [-0.25, -0.2) is 0 Å². The molecule has 4 heteroatoms. The van der Waals surface area contributed by atoms with Gasteiger partial charge in [0, 0.05) is 5.56 Å². The molecule has 0 N–H and O–H groups in total. The van der Waals surface area contributed by atoms with Gasteiger partial charge in [-0.05, 0) is 31.2 Å². The van der Waals surface area contributed by atoms with Crippen LogP contribution in [0.3, 0.4) is 0 Å². The molecule has 0 spiro atoms. The second-order valence-electron chi connectivity index (χ2n) is 3.96. The fourth-order valence-electron chi connectivity index (χ4n) is 1.30. The first-order valence-electron chi connectivity index (χ1n) is 5.10. The summed E-state index contributed by atoms with van der Waals surface area (Å²) in [5.41, 5.74) is 0.583. The van der Waals surface area contributed by atoms with Crippen molar-refractivity contribution < 1.29 is 13.7 Å². The third-order valence-electron chi connectivity index (χ3n) is 1.97. The van der Waals surface area contributed by atoms with E-state index in [-0.39, 0.29) is 11.5 Å². The van der Waals surface area contributed by atoms with Crippen molar-refractivity contribution >= 4 is 15.7 Å². The molecule has 1 rings (SSSR count). The van der Waals surface area contributed by atoms with E-state index in [1.54, 1.807) is 36.8 Å². The average Bonchev–Trinajstić information content (AvgIpc) is 2.16. The Labute approximate surface area is 97.2 Å². The van der Waals surface area contributed by atoms with Gasteiger partial charge in [-0.2, -0.15) is 0 Å². The number of carbonyl (C=O) groups is 1. The van der Waals surface area contributed by atoms with Crippen molar-refractivity contribution in [2.75, 3.05) is 24.9 Å². The molecule has 0 fully saturated rings.